The summed E-state index contributed by atoms with van der Waals surface area (Å²) in [6.45, 7) is 4.10. The largest absolute Gasteiger partial charge is 0.367 e. The monoisotopic (exact) mass is 344 g/mol. The topological polar surface area (TPSA) is 29.3 Å². The summed E-state index contributed by atoms with van der Waals surface area (Å²) in [7, 11) is 0. The van der Waals surface area contributed by atoms with Gasteiger partial charge in [-0.3, -0.25) is 0 Å². The van der Waals surface area contributed by atoms with Crippen LogP contribution in [-0.4, -0.2) is 6.54 Å². The van der Waals surface area contributed by atoms with Crippen molar-refractivity contribution in [1.29, 1.82) is 0 Å². The lowest BCUT2D eigenvalue weighted by Gasteiger charge is -2.24. The fraction of sp³-hybridized carbons (Fsp3) is 0.333. The summed E-state index contributed by atoms with van der Waals surface area (Å²) in [5.41, 5.74) is 11.4. The number of fused-ring (bicyclic) bond motifs is 1. The molecule has 1 aliphatic rings. The number of nitrogens with zero attached hydrogens (tertiary/aromatic N) is 1. The first-order valence-electron chi connectivity index (χ1n) is 7.52. The third kappa shape index (κ3) is 3.14. The van der Waals surface area contributed by atoms with Crippen LogP contribution >= 0.6 is 15.9 Å². The molecule has 0 amide bonds. The number of anilines is 1. The van der Waals surface area contributed by atoms with Gasteiger partial charge in [-0.05, 0) is 48.6 Å². The molecule has 1 heterocycles. The van der Waals surface area contributed by atoms with Crippen molar-refractivity contribution >= 4 is 21.6 Å². The third-order valence-electron chi connectivity index (χ3n) is 4.19. The molecule has 0 aromatic heterocycles. The summed E-state index contributed by atoms with van der Waals surface area (Å²) < 4.78 is 1.10. The van der Waals surface area contributed by atoms with Crippen LogP contribution < -0.4 is 10.6 Å². The molecule has 2 aromatic carbocycles. The molecule has 110 valence electrons. The summed E-state index contributed by atoms with van der Waals surface area (Å²) in [5, 5.41) is 0. The van der Waals surface area contributed by atoms with Crippen LogP contribution in [0, 0.1) is 0 Å². The summed E-state index contributed by atoms with van der Waals surface area (Å²) in [4.78, 5) is 2.46. The SMILES string of the molecule is CC(N)c1ccc(N2CCCc3ccccc3C2)cc1Br. The standard InChI is InChI=1S/C18H21BrN2/c1-13(20)17-9-8-16(11-18(17)19)21-10-4-7-14-5-2-3-6-15(14)12-21/h2-3,5-6,8-9,11,13H,4,7,10,12,20H2,1H3. The molecule has 21 heavy (non-hydrogen) atoms. The normalized spacial score (nSPS) is 16.2. The van der Waals surface area contributed by atoms with Crippen molar-refractivity contribution in [2.24, 2.45) is 5.73 Å². The van der Waals surface area contributed by atoms with Gasteiger partial charge in [0.05, 0.1) is 0 Å². The van der Waals surface area contributed by atoms with Crippen molar-refractivity contribution < 1.29 is 0 Å². The Hall–Kier alpha value is -1.32. The first kappa shape index (κ1) is 14.6. The van der Waals surface area contributed by atoms with E-state index in [9.17, 15) is 0 Å². The Kier molecular flexibility index (Phi) is 4.32. The molecule has 0 spiro atoms. The van der Waals surface area contributed by atoms with Gasteiger partial charge >= 0.3 is 0 Å². The second kappa shape index (κ2) is 6.20. The van der Waals surface area contributed by atoms with Gasteiger partial charge in [0, 0.05) is 29.3 Å². The first-order valence-corrected chi connectivity index (χ1v) is 8.31. The molecule has 1 unspecified atom stereocenters. The van der Waals surface area contributed by atoms with E-state index in [1.54, 1.807) is 0 Å². The average Bonchev–Trinajstić information content (AvgIpc) is 2.68. The highest BCUT2D eigenvalue weighted by atomic mass is 79.9. The molecule has 0 saturated carbocycles. The van der Waals surface area contributed by atoms with Gasteiger partial charge in [0.1, 0.15) is 0 Å². The van der Waals surface area contributed by atoms with Gasteiger partial charge in [0.15, 0.2) is 0 Å². The maximum absolute atomic E-state index is 5.99. The molecular weight excluding hydrogens is 324 g/mol. The Morgan fingerprint density at radius 3 is 2.62 bits per heavy atom. The minimum atomic E-state index is 0.0540. The second-order valence-corrected chi connectivity index (χ2v) is 6.64. The minimum Gasteiger partial charge on any atom is -0.367 e. The van der Waals surface area contributed by atoms with E-state index in [0.717, 1.165) is 23.1 Å². The molecule has 0 bridgehead atoms. The predicted molar refractivity (Wildman–Crippen MR) is 92.6 cm³/mol. The molecule has 0 radical (unpaired) electrons. The molecule has 2 N–H and O–H groups in total. The average molecular weight is 345 g/mol. The zero-order chi connectivity index (χ0) is 14.8. The van der Waals surface area contributed by atoms with E-state index in [2.05, 4.69) is 63.3 Å². The molecule has 3 heteroatoms. The summed E-state index contributed by atoms with van der Waals surface area (Å²) in [6, 6.07) is 15.4. The summed E-state index contributed by atoms with van der Waals surface area (Å²) in [5.74, 6) is 0. The number of aryl methyl sites for hydroxylation is 1. The lowest BCUT2D eigenvalue weighted by Crippen LogP contribution is -2.22. The van der Waals surface area contributed by atoms with E-state index < -0.39 is 0 Å². The van der Waals surface area contributed by atoms with Crippen LogP contribution in [0.5, 0.6) is 0 Å². The van der Waals surface area contributed by atoms with E-state index in [-0.39, 0.29) is 6.04 Å². The lowest BCUT2D eigenvalue weighted by atomic mass is 10.0. The van der Waals surface area contributed by atoms with Crippen LogP contribution in [0.15, 0.2) is 46.9 Å². The highest BCUT2D eigenvalue weighted by molar-refractivity contribution is 9.10. The van der Waals surface area contributed by atoms with Crippen molar-refractivity contribution in [3.05, 3.63) is 63.6 Å². The van der Waals surface area contributed by atoms with E-state index in [1.807, 2.05) is 6.92 Å². The number of halogens is 1. The van der Waals surface area contributed by atoms with Crippen molar-refractivity contribution in [3.8, 4) is 0 Å². The van der Waals surface area contributed by atoms with E-state index >= 15 is 0 Å². The molecule has 0 aliphatic carbocycles. The smallest absolute Gasteiger partial charge is 0.0432 e. The zero-order valence-corrected chi connectivity index (χ0v) is 13.9. The Morgan fingerprint density at radius 2 is 1.90 bits per heavy atom. The molecule has 0 saturated heterocycles. The van der Waals surface area contributed by atoms with Gasteiger partial charge in [0.2, 0.25) is 0 Å². The molecule has 0 fully saturated rings. The van der Waals surface area contributed by atoms with Crippen LogP contribution in [0.4, 0.5) is 5.69 Å². The van der Waals surface area contributed by atoms with E-state index in [4.69, 9.17) is 5.73 Å². The first-order chi connectivity index (χ1) is 10.1. The number of hydrogen-bond acceptors (Lipinski definition) is 2. The van der Waals surface area contributed by atoms with Crippen LogP contribution in [0.2, 0.25) is 0 Å². The summed E-state index contributed by atoms with van der Waals surface area (Å²) >= 11 is 3.66. The third-order valence-corrected chi connectivity index (χ3v) is 4.88. The van der Waals surface area contributed by atoms with Crippen LogP contribution in [-0.2, 0) is 13.0 Å². The molecule has 1 atom stereocenters. The van der Waals surface area contributed by atoms with Crippen molar-refractivity contribution in [2.45, 2.75) is 32.4 Å². The maximum atomic E-state index is 5.99. The molecule has 2 aromatic rings. The Balaban J connectivity index is 1.89. The molecule has 2 nitrogen and oxygen atoms in total. The van der Waals surface area contributed by atoms with Gasteiger partial charge in [-0.1, -0.05) is 46.3 Å². The quantitative estimate of drug-likeness (QED) is 0.873. The maximum Gasteiger partial charge on any atom is 0.0432 e. The van der Waals surface area contributed by atoms with Gasteiger partial charge in [-0.25, -0.2) is 0 Å². The highest BCUT2D eigenvalue weighted by Crippen LogP contribution is 2.30. The zero-order valence-electron chi connectivity index (χ0n) is 12.3. The number of hydrogen-bond donors (Lipinski definition) is 1. The fourth-order valence-electron chi connectivity index (χ4n) is 3.00. The number of benzene rings is 2. The molecular formula is C18H21BrN2. The van der Waals surface area contributed by atoms with Gasteiger partial charge < -0.3 is 10.6 Å². The van der Waals surface area contributed by atoms with Crippen LogP contribution in [0.3, 0.4) is 0 Å². The van der Waals surface area contributed by atoms with Crippen LogP contribution in [0.25, 0.3) is 0 Å². The van der Waals surface area contributed by atoms with Gasteiger partial charge in [-0.15, -0.1) is 0 Å². The van der Waals surface area contributed by atoms with Crippen LogP contribution in [0.1, 0.15) is 36.1 Å². The summed E-state index contributed by atoms with van der Waals surface area (Å²) in [6.07, 6.45) is 2.37. The van der Waals surface area contributed by atoms with Crippen molar-refractivity contribution in [3.63, 3.8) is 0 Å². The number of rotatable bonds is 2. The number of nitrogens with two attached hydrogens (primary N) is 1. The van der Waals surface area contributed by atoms with E-state index in [0.29, 0.717) is 0 Å². The molecule has 3 rings (SSSR count). The predicted octanol–water partition coefficient (Wildman–Crippen LogP) is 4.42. The second-order valence-electron chi connectivity index (χ2n) is 5.79. The van der Waals surface area contributed by atoms with Crippen molar-refractivity contribution in [2.75, 3.05) is 11.4 Å². The lowest BCUT2D eigenvalue weighted by molar-refractivity contribution is 0.763. The Labute approximate surface area is 135 Å². The fourth-order valence-corrected chi connectivity index (χ4v) is 3.73. The Morgan fingerprint density at radius 1 is 1.14 bits per heavy atom. The highest BCUT2D eigenvalue weighted by Gasteiger charge is 2.15. The van der Waals surface area contributed by atoms with Gasteiger partial charge in [-0.2, -0.15) is 0 Å². The Bertz CT molecular complexity index is 637. The van der Waals surface area contributed by atoms with E-state index in [1.165, 1.54) is 29.7 Å². The van der Waals surface area contributed by atoms with Gasteiger partial charge in [0.25, 0.3) is 0 Å². The minimum absolute atomic E-state index is 0.0540. The molecule has 1 aliphatic heterocycles. The van der Waals surface area contributed by atoms with Crippen molar-refractivity contribution in [1.82, 2.24) is 0 Å².